The van der Waals surface area contributed by atoms with Gasteiger partial charge >= 0.3 is 0 Å². The molecule has 2 atom stereocenters. The first-order valence-corrected chi connectivity index (χ1v) is 6.03. The van der Waals surface area contributed by atoms with Gasteiger partial charge < -0.3 is 10.2 Å². The second-order valence-electron chi connectivity index (χ2n) is 3.91. The number of alkyl halides is 1. The Morgan fingerprint density at radius 2 is 2.00 bits per heavy atom. The van der Waals surface area contributed by atoms with E-state index in [1.807, 2.05) is 24.3 Å². The number of aromatic nitrogens is 1. The van der Waals surface area contributed by atoms with Gasteiger partial charge in [-0.3, -0.25) is 4.98 Å². The van der Waals surface area contributed by atoms with Crippen molar-refractivity contribution in [2.24, 2.45) is 0 Å². The largest absolute Gasteiger partial charge is 0.390 e. The molecule has 3 nitrogen and oxygen atoms in total. The minimum atomic E-state index is -0.929. The first-order valence-electron chi connectivity index (χ1n) is 5.50. The van der Waals surface area contributed by atoms with Gasteiger partial charge in [0, 0.05) is 17.5 Å². The Morgan fingerprint density at radius 3 is 2.76 bits per heavy atom. The summed E-state index contributed by atoms with van der Waals surface area (Å²) in [5.74, 6) is 0.321. The Labute approximate surface area is 105 Å². The standard InChI is InChI=1S/C13H14ClNO2/c14-7-6-12(16)13(17)10-3-1-5-11-9(10)4-2-8-15-11/h1-5,8,12-13,16-17H,6-7H2. The van der Waals surface area contributed by atoms with Gasteiger partial charge in [-0.1, -0.05) is 18.2 Å². The van der Waals surface area contributed by atoms with Gasteiger partial charge in [0.2, 0.25) is 0 Å². The number of pyridine rings is 1. The van der Waals surface area contributed by atoms with E-state index in [0.717, 1.165) is 10.9 Å². The zero-order valence-corrected chi connectivity index (χ0v) is 10.0. The number of aliphatic hydroxyl groups is 2. The van der Waals surface area contributed by atoms with Crippen molar-refractivity contribution in [1.82, 2.24) is 4.98 Å². The van der Waals surface area contributed by atoms with Gasteiger partial charge in [0.15, 0.2) is 0 Å². The van der Waals surface area contributed by atoms with E-state index < -0.39 is 12.2 Å². The van der Waals surface area contributed by atoms with Crippen LogP contribution >= 0.6 is 11.6 Å². The molecule has 0 fully saturated rings. The summed E-state index contributed by atoms with van der Waals surface area (Å²) in [6, 6.07) is 9.19. The van der Waals surface area contributed by atoms with Gasteiger partial charge in [0.1, 0.15) is 6.10 Å². The van der Waals surface area contributed by atoms with Crippen molar-refractivity contribution in [1.29, 1.82) is 0 Å². The Bertz CT molecular complexity index is 498. The molecule has 0 amide bonds. The molecule has 2 rings (SSSR count). The number of benzene rings is 1. The molecule has 1 aromatic heterocycles. The van der Waals surface area contributed by atoms with Crippen LogP contribution in [0.4, 0.5) is 0 Å². The smallest absolute Gasteiger partial charge is 0.106 e. The monoisotopic (exact) mass is 251 g/mol. The molecule has 0 radical (unpaired) electrons. The molecule has 2 aromatic rings. The summed E-state index contributed by atoms with van der Waals surface area (Å²) in [5, 5.41) is 20.7. The van der Waals surface area contributed by atoms with Gasteiger partial charge in [-0.25, -0.2) is 0 Å². The molecule has 0 bridgehead atoms. The normalized spacial score (nSPS) is 14.8. The van der Waals surface area contributed by atoms with Crippen LogP contribution in [0.1, 0.15) is 18.1 Å². The number of hydrogen-bond acceptors (Lipinski definition) is 3. The third-order valence-corrected chi connectivity index (χ3v) is 2.99. The second kappa shape index (κ2) is 5.45. The van der Waals surface area contributed by atoms with Crippen molar-refractivity contribution in [2.75, 3.05) is 5.88 Å². The van der Waals surface area contributed by atoms with Crippen molar-refractivity contribution in [3.63, 3.8) is 0 Å². The van der Waals surface area contributed by atoms with E-state index in [1.54, 1.807) is 12.3 Å². The summed E-state index contributed by atoms with van der Waals surface area (Å²) in [6.07, 6.45) is 0.285. The Hall–Kier alpha value is -1.16. The minimum Gasteiger partial charge on any atom is -0.390 e. The number of halogens is 1. The molecule has 0 aliphatic heterocycles. The molecule has 90 valence electrons. The van der Waals surface area contributed by atoms with E-state index in [0.29, 0.717) is 17.9 Å². The summed E-state index contributed by atoms with van der Waals surface area (Å²) >= 11 is 5.56. The molecule has 2 unspecified atom stereocenters. The highest BCUT2D eigenvalue weighted by atomic mass is 35.5. The minimum absolute atomic E-state index is 0.321. The summed E-state index contributed by atoms with van der Waals surface area (Å²) < 4.78 is 0. The van der Waals surface area contributed by atoms with Crippen molar-refractivity contribution >= 4 is 22.5 Å². The van der Waals surface area contributed by atoms with Crippen molar-refractivity contribution in [3.8, 4) is 0 Å². The fraction of sp³-hybridized carbons (Fsp3) is 0.308. The Balaban J connectivity index is 2.41. The molecule has 0 saturated heterocycles. The molecule has 17 heavy (non-hydrogen) atoms. The maximum Gasteiger partial charge on any atom is 0.106 e. The zero-order valence-electron chi connectivity index (χ0n) is 9.25. The summed E-state index contributed by atoms with van der Waals surface area (Å²) in [7, 11) is 0. The molecule has 4 heteroatoms. The molecule has 0 saturated carbocycles. The van der Waals surface area contributed by atoms with Crippen LogP contribution in [0.15, 0.2) is 36.5 Å². The lowest BCUT2D eigenvalue weighted by Crippen LogP contribution is -2.18. The van der Waals surface area contributed by atoms with Crippen LogP contribution < -0.4 is 0 Å². The van der Waals surface area contributed by atoms with E-state index in [-0.39, 0.29) is 0 Å². The zero-order chi connectivity index (χ0) is 12.3. The van der Waals surface area contributed by atoms with Crippen LogP contribution in [0.3, 0.4) is 0 Å². The average molecular weight is 252 g/mol. The highest BCUT2D eigenvalue weighted by Gasteiger charge is 2.19. The number of fused-ring (bicyclic) bond motifs is 1. The Morgan fingerprint density at radius 1 is 1.18 bits per heavy atom. The fourth-order valence-corrected chi connectivity index (χ4v) is 2.09. The van der Waals surface area contributed by atoms with Crippen molar-refractivity contribution in [3.05, 3.63) is 42.1 Å². The summed E-state index contributed by atoms with van der Waals surface area (Å²) in [4.78, 5) is 4.21. The van der Waals surface area contributed by atoms with Crippen LogP contribution in [0, 0.1) is 0 Å². The van der Waals surface area contributed by atoms with E-state index in [2.05, 4.69) is 4.98 Å². The summed E-state index contributed by atoms with van der Waals surface area (Å²) in [6.45, 7) is 0. The third kappa shape index (κ3) is 2.57. The van der Waals surface area contributed by atoms with Crippen LogP contribution in [-0.4, -0.2) is 27.2 Å². The van der Waals surface area contributed by atoms with Gasteiger partial charge in [-0.2, -0.15) is 0 Å². The first-order chi connectivity index (χ1) is 8.24. The van der Waals surface area contributed by atoms with Gasteiger partial charge in [0.05, 0.1) is 11.6 Å². The van der Waals surface area contributed by atoms with Gasteiger partial charge in [-0.15, -0.1) is 11.6 Å². The number of aliphatic hydroxyl groups excluding tert-OH is 2. The SMILES string of the molecule is OC(CCCl)C(O)c1cccc2ncccc12. The van der Waals surface area contributed by atoms with E-state index >= 15 is 0 Å². The first kappa shape index (κ1) is 12.3. The summed E-state index contributed by atoms with van der Waals surface area (Å²) in [5.41, 5.74) is 1.50. The van der Waals surface area contributed by atoms with E-state index in [9.17, 15) is 10.2 Å². The van der Waals surface area contributed by atoms with E-state index in [1.165, 1.54) is 0 Å². The van der Waals surface area contributed by atoms with Crippen molar-refractivity contribution in [2.45, 2.75) is 18.6 Å². The quantitative estimate of drug-likeness (QED) is 0.820. The Kier molecular flexibility index (Phi) is 3.94. The van der Waals surface area contributed by atoms with Gasteiger partial charge in [0.25, 0.3) is 0 Å². The van der Waals surface area contributed by atoms with Crippen LogP contribution in [0.25, 0.3) is 10.9 Å². The second-order valence-corrected chi connectivity index (χ2v) is 4.29. The number of hydrogen-bond donors (Lipinski definition) is 2. The average Bonchev–Trinajstić information content (AvgIpc) is 2.37. The van der Waals surface area contributed by atoms with Gasteiger partial charge in [-0.05, 0) is 24.1 Å². The van der Waals surface area contributed by atoms with Crippen LogP contribution in [0.2, 0.25) is 0 Å². The molecular weight excluding hydrogens is 238 g/mol. The molecule has 1 aromatic carbocycles. The van der Waals surface area contributed by atoms with Crippen LogP contribution in [-0.2, 0) is 0 Å². The lowest BCUT2D eigenvalue weighted by molar-refractivity contribution is 0.0178. The highest BCUT2D eigenvalue weighted by molar-refractivity contribution is 6.17. The topological polar surface area (TPSA) is 53.4 Å². The lowest BCUT2D eigenvalue weighted by Gasteiger charge is -2.18. The molecule has 2 N–H and O–H groups in total. The number of nitrogens with zero attached hydrogens (tertiary/aromatic N) is 1. The maximum atomic E-state index is 10.1. The molecule has 0 aliphatic rings. The molecular formula is C13H14ClNO2. The third-order valence-electron chi connectivity index (χ3n) is 2.77. The predicted octanol–water partition coefficient (Wildman–Crippen LogP) is 2.26. The predicted molar refractivity (Wildman–Crippen MR) is 68.0 cm³/mol. The fourth-order valence-electron chi connectivity index (χ4n) is 1.86. The maximum absolute atomic E-state index is 10.1. The highest BCUT2D eigenvalue weighted by Crippen LogP contribution is 2.26. The lowest BCUT2D eigenvalue weighted by atomic mass is 9.98. The molecule has 0 spiro atoms. The van der Waals surface area contributed by atoms with Crippen LogP contribution in [0.5, 0.6) is 0 Å². The molecule has 1 heterocycles. The molecule has 0 aliphatic carbocycles. The number of rotatable bonds is 4. The van der Waals surface area contributed by atoms with Crippen molar-refractivity contribution < 1.29 is 10.2 Å². The van der Waals surface area contributed by atoms with E-state index in [4.69, 9.17) is 11.6 Å².